The Morgan fingerprint density at radius 3 is 2.25 bits per heavy atom. The molecule has 0 saturated heterocycles. The molecule has 2 aromatic rings. The normalized spacial score (nSPS) is 14.2. The van der Waals surface area contributed by atoms with Gasteiger partial charge in [-0.2, -0.15) is 0 Å². The summed E-state index contributed by atoms with van der Waals surface area (Å²) in [6.45, 7) is 2.54. The molecule has 1 saturated carbocycles. The van der Waals surface area contributed by atoms with Crippen molar-refractivity contribution in [3.63, 3.8) is 0 Å². The molecule has 2 amide bonds. The monoisotopic (exact) mass is 459 g/mol. The molecule has 172 valence electrons. The fourth-order valence-electron chi connectivity index (χ4n) is 3.57. The molecule has 1 fully saturated rings. The van der Waals surface area contributed by atoms with Gasteiger partial charge in [0.15, 0.2) is 0 Å². The number of carbonyl (C=O) groups is 2. The van der Waals surface area contributed by atoms with Crippen LogP contribution in [0.15, 0.2) is 53.4 Å². The minimum Gasteiger partial charge on any atom is -0.494 e. The third kappa shape index (κ3) is 6.54. The Kier molecular flexibility index (Phi) is 8.24. The summed E-state index contributed by atoms with van der Waals surface area (Å²) in [6.07, 6.45) is 4.03. The maximum atomic E-state index is 12.3. The van der Waals surface area contributed by atoms with E-state index in [1.807, 2.05) is 6.92 Å². The molecule has 1 aliphatic carbocycles. The standard InChI is InChI=1S/C23H29N3O5S/c1-2-31-20-11-13-21(14-12-20)32(29,30)25-16-15-24-22(27)18-7-9-19(10-8-18)26-23(28)17-5-3-4-6-17/h7-14,17,25H,2-6,15-16H2,1H3,(H,24,27)(H,26,28). The Balaban J connectivity index is 1.43. The Labute approximate surface area is 188 Å². The van der Waals surface area contributed by atoms with Crippen molar-refractivity contribution in [1.82, 2.24) is 10.0 Å². The number of amides is 2. The van der Waals surface area contributed by atoms with E-state index in [0.29, 0.717) is 23.6 Å². The first-order valence-electron chi connectivity index (χ1n) is 10.8. The molecular formula is C23H29N3O5S. The van der Waals surface area contributed by atoms with Gasteiger partial charge in [0.1, 0.15) is 5.75 Å². The van der Waals surface area contributed by atoms with Crippen LogP contribution in [0.1, 0.15) is 43.0 Å². The van der Waals surface area contributed by atoms with Crippen LogP contribution in [0.3, 0.4) is 0 Å². The quantitative estimate of drug-likeness (QED) is 0.473. The lowest BCUT2D eigenvalue weighted by atomic mass is 10.1. The molecule has 0 aromatic heterocycles. The smallest absolute Gasteiger partial charge is 0.251 e. The fourth-order valence-corrected chi connectivity index (χ4v) is 4.60. The largest absolute Gasteiger partial charge is 0.494 e. The average molecular weight is 460 g/mol. The lowest BCUT2D eigenvalue weighted by molar-refractivity contribution is -0.119. The van der Waals surface area contributed by atoms with Crippen LogP contribution in [0.4, 0.5) is 5.69 Å². The molecule has 0 spiro atoms. The molecule has 0 bridgehead atoms. The van der Waals surface area contributed by atoms with Crippen LogP contribution >= 0.6 is 0 Å². The van der Waals surface area contributed by atoms with Crippen molar-refractivity contribution < 1.29 is 22.7 Å². The molecule has 3 rings (SSSR count). The number of anilines is 1. The maximum Gasteiger partial charge on any atom is 0.251 e. The van der Waals surface area contributed by atoms with E-state index >= 15 is 0 Å². The van der Waals surface area contributed by atoms with Crippen molar-refractivity contribution in [2.24, 2.45) is 5.92 Å². The van der Waals surface area contributed by atoms with Crippen molar-refractivity contribution in [2.45, 2.75) is 37.5 Å². The number of ether oxygens (including phenoxy) is 1. The van der Waals surface area contributed by atoms with Crippen molar-refractivity contribution in [1.29, 1.82) is 0 Å². The van der Waals surface area contributed by atoms with Gasteiger partial charge in [0.25, 0.3) is 5.91 Å². The number of benzene rings is 2. The molecule has 32 heavy (non-hydrogen) atoms. The number of carbonyl (C=O) groups excluding carboxylic acids is 2. The molecule has 0 unspecified atom stereocenters. The van der Waals surface area contributed by atoms with E-state index in [0.717, 1.165) is 25.7 Å². The van der Waals surface area contributed by atoms with Crippen LogP contribution in [-0.2, 0) is 14.8 Å². The van der Waals surface area contributed by atoms with E-state index in [2.05, 4.69) is 15.4 Å². The third-order valence-corrected chi connectivity index (χ3v) is 6.77. The number of sulfonamides is 1. The summed E-state index contributed by atoms with van der Waals surface area (Å²) in [5, 5.41) is 5.57. The van der Waals surface area contributed by atoms with Gasteiger partial charge in [-0.1, -0.05) is 12.8 Å². The molecule has 1 aliphatic rings. The van der Waals surface area contributed by atoms with Gasteiger partial charge in [0.05, 0.1) is 11.5 Å². The molecule has 0 aliphatic heterocycles. The second kappa shape index (κ2) is 11.1. The second-order valence-electron chi connectivity index (χ2n) is 7.61. The van der Waals surface area contributed by atoms with Gasteiger partial charge in [-0.25, -0.2) is 13.1 Å². The van der Waals surface area contributed by atoms with Crippen LogP contribution in [-0.4, -0.2) is 39.9 Å². The Morgan fingerprint density at radius 2 is 1.62 bits per heavy atom. The predicted molar refractivity (Wildman–Crippen MR) is 122 cm³/mol. The van der Waals surface area contributed by atoms with Crippen LogP contribution in [0, 0.1) is 5.92 Å². The molecule has 3 N–H and O–H groups in total. The lowest BCUT2D eigenvalue weighted by Gasteiger charge is -2.11. The van der Waals surface area contributed by atoms with Crippen LogP contribution in [0.2, 0.25) is 0 Å². The van der Waals surface area contributed by atoms with E-state index in [4.69, 9.17) is 4.74 Å². The summed E-state index contributed by atoms with van der Waals surface area (Å²) >= 11 is 0. The van der Waals surface area contributed by atoms with E-state index in [9.17, 15) is 18.0 Å². The molecular weight excluding hydrogens is 430 g/mol. The van der Waals surface area contributed by atoms with Crippen molar-refractivity contribution in [3.05, 3.63) is 54.1 Å². The van der Waals surface area contributed by atoms with Crippen LogP contribution in [0.25, 0.3) is 0 Å². The highest BCUT2D eigenvalue weighted by molar-refractivity contribution is 7.89. The topological polar surface area (TPSA) is 114 Å². The predicted octanol–water partition coefficient (Wildman–Crippen LogP) is 2.92. The summed E-state index contributed by atoms with van der Waals surface area (Å²) < 4.78 is 32.4. The second-order valence-corrected chi connectivity index (χ2v) is 9.37. The van der Waals surface area contributed by atoms with Crippen LogP contribution < -0.4 is 20.1 Å². The highest BCUT2D eigenvalue weighted by atomic mass is 32.2. The first-order chi connectivity index (χ1) is 15.4. The van der Waals surface area contributed by atoms with Gasteiger partial charge in [0, 0.05) is 30.3 Å². The average Bonchev–Trinajstić information content (AvgIpc) is 3.33. The molecule has 2 aromatic carbocycles. The molecule has 9 heteroatoms. The zero-order valence-electron chi connectivity index (χ0n) is 18.1. The van der Waals surface area contributed by atoms with Gasteiger partial charge in [-0.15, -0.1) is 0 Å². The zero-order valence-corrected chi connectivity index (χ0v) is 18.9. The Morgan fingerprint density at radius 1 is 0.969 bits per heavy atom. The zero-order chi connectivity index (χ0) is 23.0. The van der Waals surface area contributed by atoms with Gasteiger partial charge in [-0.05, 0) is 68.3 Å². The first kappa shape index (κ1) is 23.7. The number of rotatable bonds is 10. The van der Waals surface area contributed by atoms with Crippen molar-refractivity contribution in [2.75, 3.05) is 25.0 Å². The van der Waals surface area contributed by atoms with Crippen molar-refractivity contribution in [3.8, 4) is 5.75 Å². The summed E-state index contributed by atoms with van der Waals surface area (Å²) in [5.41, 5.74) is 1.08. The molecule has 0 atom stereocenters. The molecule has 8 nitrogen and oxygen atoms in total. The summed E-state index contributed by atoms with van der Waals surface area (Å²) in [7, 11) is -3.68. The molecule has 0 heterocycles. The fraction of sp³-hybridized carbons (Fsp3) is 0.391. The van der Waals surface area contributed by atoms with Gasteiger partial charge in [-0.3, -0.25) is 9.59 Å². The highest BCUT2D eigenvalue weighted by Crippen LogP contribution is 2.26. The number of hydrogen-bond donors (Lipinski definition) is 3. The SMILES string of the molecule is CCOc1ccc(S(=O)(=O)NCCNC(=O)c2ccc(NC(=O)C3CCCC3)cc2)cc1. The van der Waals surface area contributed by atoms with Crippen molar-refractivity contribution >= 4 is 27.5 Å². The third-order valence-electron chi connectivity index (χ3n) is 5.29. The summed E-state index contributed by atoms with van der Waals surface area (Å²) in [6, 6.07) is 12.8. The van der Waals surface area contributed by atoms with E-state index in [-0.39, 0.29) is 35.7 Å². The Bertz CT molecular complexity index is 1010. The minimum atomic E-state index is -3.68. The summed E-state index contributed by atoms with van der Waals surface area (Å²) in [5.74, 6) is 0.380. The minimum absolute atomic E-state index is 0.0273. The van der Waals surface area contributed by atoms with Gasteiger partial charge < -0.3 is 15.4 Å². The molecule has 0 radical (unpaired) electrons. The van der Waals surface area contributed by atoms with Gasteiger partial charge in [0.2, 0.25) is 15.9 Å². The first-order valence-corrected chi connectivity index (χ1v) is 12.3. The Hall–Kier alpha value is -2.91. The summed E-state index contributed by atoms with van der Waals surface area (Å²) in [4.78, 5) is 24.6. The van der Waals surface area contributed by atoms with Crippen LogP contribution in [0.5, 0.6) is 5.75 Å². The number of nitrogens with one attached hydrogen (secondary N) is 3. The lowest BCUT2D eigenvalue weighted by Crippen LogP contribution is -2.34. The van der Waals surface area contributed by atoms with E-state index in [1.54, 1.807) is 36.4 Å². The highest BCUT2D eigenvalue weighted by Gasteiger charge is 2.22. The van der Waals surface area contributed by atoms with Gasteiger partial charge >= 0.3 is 0 Å². The van der Waals surface area contributed by atoms with E-state index < -0.39 is 10.0 Å². The van der Waals surface area contributed by atoms with E-state index in [1.165, 1.54) is 12.1 Å². The maximum absolute atomic E-state index is 12.3. The number of hydrogen-bond acceptors (Lipinski definition) is 5.